The SMILES string of the molecule is C[C@@H]1CCN(c2ncc(C(=O)Nc3ccc(OC(C)(C)C)cc3)cc2-c2cncnc2)C1. The van der Waals surface area contributed by atoms with Gasteiger partial charge in [0.15, 0.2) is 0 Å². The van der Waals surface area contributed by atoms with E-state index in [1.165, 1.54) is 6.33 Å². The molecule has 1 atom stereocenters. The number of rotatable bonds is 5. The molecule has 0 radical (unpaired) electrons. The average molecular weight is 432 g/mol. The molecule has 1 saturated heterocycles. The van der Waals surface area contributed by atoms with E-state index in [4.69, 9.17) is 4.74 Å². The van der Waals surface area contributed by atoms with E-state index < -0.39 is 0 Å². The molecule has 1 amide bonds. The van der Waals surface area contributed by atoms with Crippen molar-refractivity contribution in [2.45, 2.75) is 39.7 Å². The van der Waals surface area contributed by atoms with Gasteiger partial charge in [-0.2, -0.15) is 0 Å². The highest BCUT2D eigenvalue weighted by atomic mass is 16.5. The number of carbonyl (C=O) groups excluding carboxylic acids is 1. The summed E-state index contributed by atoms with van der Waals surface area (Å²) >= 11 is 0. The number of hydrogen-bond donors (Lipinski definition) is 1. The first-order chi connectivity index (χ1) is 15.3. The fraction of sp³-hybridized carbons (Fsp3) is 0.360. The Morgan fingerprint density at radius 3 is 2.47 bits per heavy atom. The fourth-order valence-electron chi connectivity index (χ4n) is 3.77. The van der Waals surface area contributed by atoms with Crippen molar-refractivity contribution in [1.29, 1.82) is 0 Å². The van der Waals surface area contributed by atoms with Crippen molar-refractivity contribution in [2.75, 3.05) is 23.3 Å². The van der Waals surface area contributed by atoms with E-state index in [1.54, 1.807) is 18.6 Å². The summed E-state index contributed by atoms with van der Waals surface area (Å²) < 4.78 is 5.84. The van der Waals surface area contributed by atoms with Gasteiger partial charge in [0.2, 0.25) is 0 Å². The molecular weight excluding hydrogens is 402 g/mol. The first-order valence-corrected chi connectivity index (χ1v) is 10.9. The zero-order valence-electron chi connectivity index (χ0n) is 19.0. The third-order valence-electron chi connectivity index (χ3n) is 5.26. The summed E-state index contributed by atoms with van der Waals surface area (Å²) in [5.41, 5.74) is 2.60. The van der Waals surface area contributed by atoms with Crippen LogP contribution in [0.15, 0.2) is 55.2 Å². The molecule has 0 bridgehead atoms. The molecule has 7 nitrogen and oxygen atoms in total. The minimum Gasteiger partial charge on any atom is -0.488 e. The standard InChI is InChI=1S/C25H29N5O2/c1-17-9-10-30(15-17)23-22(19-12-26-16-27-13-19)11-18(14-28-23)24(31)29-20-5-7-21(8-6-20)32-25(2,3)4/h5-8,11-14,16-17H,9-10,15H2,1-4H3,(H,29,31)/t17-/m1/s1. The van der Waals surface area contributed by atoms with Crippen LogP contribution in [0.25, 0.3) is 11.1 Å². The number of anilines is 2. The van der Waals surface area contributed by atoms with Crippen molar-refractivity contribution in [3.8, 4) is 16.9 Å². The monoisotopic (exact) mass is 431 g/mol. The van der Waals surface area contributed by atoms with Crippen molar-refractivity contribution >= 4 is 17.4 Å². The second-order valence-corrected chi connectivity index (χ2v) is 9.26. The van der Waals surface area contributed by atoms with Crippen LogP contribution in [-0.4, -0.2) is 39.5 Å². The summed E-state index contributed by atoms with van der Waals surface area (Å²) in [5.74, 6) is 2.02. The first kappa shape index (κ1) is 21.7. The molecule has 32 heavy (non-hydrogen) atoms. The Kier molecular flexibility index (Phi) is 6.08. The van der Waals surface area contributed by atoms with E-state index in [9.17, 15) is 4.79 Å². The lowest BCUT2D eigenvalue weighted by atomic mass is 10.1. The van der Waals surface area contributed by atoms with Gasteiger partial charge in [-0.15, -0.1) is 0 Å². The Hall–Kier alpha value is -3.48. The van der Waals surface area contributed by atoms with Gasteiger partial charge in [-0.1, -0.05) is 6.92 Å². The summed E-state index contributed by atoms with van der Waals surface area (Å²) in [7, 11) is 0. The van der Waals surface area contributed by atoms with Gasteiger partial charge in [0.25, 0.3) is 5.91 Å². The molecule has 1 aliphatic rings. The van der Waals surface area contributed by atoms with Crippen LogP contribution < -0.4 is 15.0 Å². The zero-order valence-corrected chi connectivity index (χ0v) is 19.0. The van der Waals surface area contributed by atoms with Gasteiger partial charge in [0.1, 0.15) is 23.5 Å². The van der Waals surface area contributed by atoms with Gasteiger partial charge in [-0.25, -0.2) is 15.0 Å². The molecule has 7 heteroatoms. The minimum atomic E-state index is -0.275. The Morgan fingerprint density at radius 1 is 1.12 bits per heavy atom. The van der Waals surface area contributed by atoms with Crippen molar-refractivity contribution in [3.05, 3.63) is 60.8 Å². The van der Waals surface area contributed by atoms with Crippen LogP contribution in [0, 0.1) is 5.92 Å². The van der Waals surface area contributed by atoms with Crippen LogP contribution in [0.1, 0.15) is 44.5 Å². The van der Waals surface area contributed by atoms with Crippen LogP contribution in [0.2, 0.25) is 0 Å². The van der Waals surface area contributed by atoms with Gasteiger partial charge in [-0.05, 0) is 63.4 Å². The molecule has 2 aromatic heterocycles. The molecule has 1 N–H and O–H groups in total. The number of nitrogens with one attached hydrogen (secondary N) is 1. The lowest BCUT2D eigenvalue weighted by molar-refractivity contribution is 0.102. The molecule has 1 fully saturated rings. The van der Waals surface area contributed by atoms with Crippen LogP contribution in [0.5, 0.6) is 5.75 Å². The molecule has 3 heterocycles. The highest BCUT2D eigenvalue weighted by Gasteiger charge is 2.24. The highest BCUT2D eigenvalue weighted by Crippen LogP contribution is 2.32. The smallest absolute Gasteiger partial charge is 0.257 e. The molecule has 3 aromatic rings. The number of nitrogens with zero attached hydrogens (tertiary/aromatic N) is 4. The quantitative estimate of drug-likeness (QED) is 0.624. The lowest BCUT2D eigenvalue weighted by Crippen LogP contribution is -2.23. The Balaban J connectivity index is 1.57. The molecule has 4 rings (SSSR count). The number of benzene rings is 1. The average Bonchev–Trinajstić information content (AvgIpc) is 3.20. The van der Waals surface area contributed by atoms with Gasteiger partial charge in [0, 0.05) is 48.5 Å². The zero-order chi connectivity index (χ0) is 22.7. The Morgan fingerprint density at radius 2 is 1.84 bits per heavy atom. The maximum atomic E-state index is 13.0. The molecule has 0 spiro atoms. The summed E-state index contributed by atoms with van der Waals surface area (Å²) in [5, 5.41) is 2.94. The molecule has 0 saturated carbocycles. The second-order valence-electron chi connectivity index (χ2n) is 9.26. The number of carbonyl (C=O) groups is 1. The summed E-state index contributed by atoms with van der Waals surface area (Å²) in [6.07, 6.45) is 7.77. The minimum absolute atomic E-state index is 0.221. The van der Waals surface area contributed by atoms with Crippen molar-refractivity contribution in [1.82, 2.24) is 15.0 Å². The van der Waals surface area contributed by atoms with E-state index >= 15 is 0 Å². The number of aromatic nitrogens is 3. The fourth-order valence-corrected chi connectivity index (χ4v) is 3.77. The van der Waals surface area contributed by atoms with Gasteiger partial charge in [-0.3, -0.25) is 4.79 Å². The second kappa shape index (κ2) is 8.94. The molecular formula is C25H29N5O2. The first-order valence-electron chi connectivity index (χ1n) is 10.9. The van der Waals surface area contributed by atoms with Gasteiger partial charge >= 0.3 is 0 Å². The summed E-state index contributed by atoms with van der Waals surface area (Å²) in [4.78, 5) is 28.2. The molecule has 0 aliphatic carbocycles. The highest BCUT2D eigenvalue weighted by molar-refractivity contribution is 6.05. The van der Waals surface area contributed by atoms with Crippen LogP contribution in [0.4, 0.5) is 11.5 Å². The topological polar surface area (TPSA) is 80.2 Å². The summed E-state index contributed by atoms with van der Waals surface area (Å²) in [6, 6.07) is 9.24. The Labute approximate surface area is 188 Å². The maximum absolute atomic E-state index is 13.0. The van der Waals surface area contributed by atoms with E-state index in [2.05, 4.69) is 32.1 Å². The van der Waals surface area contributed by atoms with E-state index in [-0.39, 0.29) is 11.5 Å². The molecule has 1 aliphatic heterocycles. The normalized spacial score (nSPS) is 16.1. The Bertz CT molecular complexity index is 1080. The number of amides is 1. The van der Waals surface area contributed by atoms with E-state index in [0.29, 0.717) is 17.2 Å². The number of pyridine rings is 1. The third kappa shape index (κ3) is 5.22. The third-order valence-corrected chi connectivity index (χ3v) is 5.26. The largest absolute Gasteiger partial charge is 0.488 e. The van der Waals surface area contributed by atoms with Crippen molar-refractivity contribution in [3.63, 3.8) is 0 Å². The summed E-state index contributed by atoms with van der Waals surface area (Å²) in [6.45, 7) is 10.1. The maximum Gasteiger partial charge on any atom is 0.257 e. The predicted octanol–water partition coefficient (Wildman–Crippen LogP) is 4.81. The van der Waals surface area contributed by atoms with Crippen LogP contribution in [0.3, 0.4) is 0 Å². The van der Waals surface area contributed by atoms with E-state index in [1.807, 2.05) is 51.1 Å². The van der Waals surface area contributed by atoms with Crippen molar-refractivity contribution < 1.29 is 9.53 Å². The number of hydrogen-bond acceptors (Lipinski definition) is 6. The van der Waals surface area contributed by atoms with Crippen LogP contribution >= 0.6 is 0 Å². The van der Waals surface area contributed by atoms with Gasteiger partial charge in [0.05, 0.1) is 5.56 Å². The lowest BCUT2D eigenvalue weighted by Gasteiger charge is -2.21. The molecule has 166 valence electrons. The predicted molar refractivity (Wildman–Crippen MR) is 126 cm³/mol. The van der Waals surface area contributed by atoms with Crippen molar-refractivity contribution in [2.24, 2.45) is 5.92 Å². The van der Waals surface area contributed by atoms with Crippen LogP contribution in [-0.2, 0) is 0 Å². The van der Waals surface area contributed by atoms with Gasteiger partial charge < -0.3 is 15.0 Å². The molecule has 0 unspecified atom stereocenters. The number of ether oxygens (including phenoxy) is 1. The molecule has 1 aromatic carbocycles. The van der Waals surface area contributed by atoms with E-state index in [0.717, 1.165) is 42.2 Å².